The van der Waals surface area contributed by atoms with Crippen LogP contribution in [0.3, 0.4) is 0 Å². The van der Waals surface area contributed by atoms with Gasteiger partial charge in [0.15, 0.2) is 0 Å². The van der Waals surface area contributed by atoms with Gasteiger partial charge in [0, 0.05) is 12.3 Å². The summed E-state index contributed by atoms with van der Waals surface area (Å²) in [6.45, 7) is 7.12. The second kappa shape index (κ2) is 7.35. The lowest BCUT2D eigenvalue weighted by Crippen LogP contribution is -2.25. The molecule has 17 heavy (non-hydrogen) atoms. The molecule has 0 aromatic heterocycles. The predicted octanol–water partition coefficient (Wildman–Crippen LogP) is 2.61. The highest BCUT2D eigenvalue weighted by molar-refractivity contribution is 8.14. The summed E-state index contributed by atoms with van der Waals surface area (Å²) in [5.41, 5.74) is 0.400. The molecule has 0 heterocycles. The first kappa shape index (κ1) is 14.1. The van der Waals surface area contributed by atoms with Crippen LogP contribution >= 0.6 is 11.8 Å². The number of para-hydroxylation sites is 1. The van der Waals surface area contributed by atoms with E-state index in [-0.39, 0.29) is 10.9 Å². The first-order valence-electron chi connectivity index (χ1n) is 5.86. The summed E-state index contributed by atoms with van der Waals surface area (Å²) < 4.78 is 0. The van der Waals surface area contributed by atoms with Crippen LogP contribution in [0.1, 0.15) is 24.2 Å². The van der Waals surface area contributed by atoms with Gasteiger partial charge in [0.2, 0.25) is 5.12 Å². The highest BCUT2D eigenvalue weighted by Gasteiger charge is 2.11. The molecule has 0 radical (unpaired) electrons. The molecule has 1 rings (SSSR count). The average molecular weight is 253 g/mol. The van der Waals surface area contributed by atoms with E-state index >= 15 is 0 Å². The van der Waals surface area contributed by atoms with Gasteiger partial charge in [0.25, 0.3) is 0 Å². The molecule has 1 N–H and O–H groups in total. The summed E-state index contributed by atoms with van der Waals surface area (Å²) in [6.07, 6.45) is 0. The number of phenolic OH excluding ortho intramolecular Hbond substituents is 1. The molecule has 0 saturated carbocycles. The van der Waals surface area contributed by atoms with E-state index in [1.807, 2.05) is 0 Å². The Morgan fingerprint density at radius 2 is 1.94 bits per heavy atom. The van der Waals surface area contributed by atoms with Crippen molar-refractivity contribution >= 4 is 16.9 Å². The van der Waals surface area contributed by atoms with Crippen LogP contribution in [-0.2, 0) is 0 Å². The van der Waals surface area contributed by atoms with Crippen LogP contribution in [0.25, 0.3) is 0 Å². The standard InChI is InChI=1S/C13H19NO2S/c1-3-14(4-2)9-10-17-13(16)11-7-5-6-8-12(11)15/h5-8,15H,3-4,9-10H2,1-2H3. The molecule has 4 heteroatoms. The van der Waals surface area contributed by atoms with Crippen molar-refractivity contribution < 1.29 is 9.90 Å². The number of carbonyl (C=O) groups is 1. The van der Waals surface area contributed by atoms with Crippen LogP contribution in [-0.4, -0.2) is 40.5 Å². The molecule has 3 nitrogen and oxygen atoms in total. The summed E-state index contributed by atoms with van der Waals surface area (Å²) in [4.78, 5) is 14.1. The van der Waals surface area contributed by atoms with E-state index in [0.29, 0.717) is 5.56 Å². The molecule has 0 fully saturated rings. The molecule has 0 spiro atoms. The van der Waals surface area contributed by atoms with Crippen LogP contribution in [0.15, 0.2) is 24.3 Å². The summed E-state index contributed by atoms with van der Waals surface area (Å²) in [7, 11) is 0. The quantitative estimate of drug-likeness (QED) is 0.846. The van der Waals surface area contributed by atoms with E-state index in [1.54, 1.807) is 18.2 Å². The first-order chi connectivity index (χ1) is 8.19. The lowest BCUT2D eigenvalue weighted by atomic mass is 10.2. The third kappa shape index (κ3) is 4.40. The fraction of sp³-hybridized carbons (Fsp3) is 0.462. The lowest BCUT2D eigenvalue weighted by Gasteiger charge is -2.16. The summed E-state index contributed by atoms with van der Waals surface area (Å²) in [5.74, 6) is 0.822. The topological polar surface area (TPSA) is 40.5 Å². The zero-order valence-electron chi connectivity index (χ0n) is 10.3. The van der Waals surface area contributed by atoms with Gasteiger partial charge in [-0.2, -0.15) is 0 Å². The van der Waals surface area contributed by atoms with E-state index in [9.17, 15) is 9.90 Å². The normalized spacial score (nSPS) is 10.8. The van der Waals surface area contributed by atoms with Crippen molar-refractivity contribution in [2.24, 2.45) is 0 Å². The van der Waals surface area contributed by atoms with E-state index in [4.69, 9.17) is 0 Å². The number of rotatable bonds is 6. The van der Waals surface area contributed by atoms with E-state index in [2.05, 4.69) is 18.7 Å². The Bertz CT molecular complexity index is 364. The monoisotopic (exact) mass is 253 g/mol. The van der Waals surface area contributed by atoms with Crippen molar-refractivity contribution in [1.82, 2.24) is 4.90 Å². The zero-order valence-corrected chi connectivity index (χ0v) is 11.2. The molecule has 1 aromatic rings. The van der Waals surface area contributed by atoms with Gasteiger partial charge in [-0.15, -0.1) is 0 Å². The third-order valence-electron chi connectivity index (χ3n) is 2.66. The maximum atomic E-state index is 11.8. The maximum Gasteiger partial charge on any atom is 0.223 e. The molecule has 0 unspecified atom stereocenters. The van der Waals surface area contributed by atoms with Gasteiger partial charge in [-0.25, -0.2) is 0 Å². The van der Waals surface area contributed by atoms with Crippen LogP contribution in [0.2, 0.25) is 0 Å². The van der Waals surface area contributed by atoms with Gasteiger partial charge in [-0.05, 0) is 25.2 Å². The lowest BCUT2D eigenvalue weighted by molar-refractivity contribution is 0.108. The van der Waals surface area contributed by atoms with Crippen molar-refractivity contribution in [2.75, 3.05) is 25.4 Å². The molecular formula is C13H19NO2S. The Morgan fingerprint density at radius 1 is 1.29 bits per heavy atom. The number of aromatic hydroxyl groups is 1. The molecule has 0 amide bonds. The number of phenols is 1. The minimum absolute atomic E-state index is 0.0599. The largest absolute Gasteiger partial charge is 0.507 e. The Kier molecular flexibility index (Phi) is 6.08. The first-order valence-corrected chi connectivity index (χ1v) is 6.85. The van der Waals surface area contributed by atoms with Gasteiger partial charge >= 0.3 is 0 Å². The number of nitrogens with zero attached hydrogens (tertiary/aromatic N) is 1. The van der Waals surface area contributed by atoms with Gasteiger partial charge < -0.3 is 10.0 Å². The van der Waals surface area contributed by atoms with Crippen LogP contribution in [0.5, 0.6) is 5.75 Å². The van der Waals surface area contributed by atoms with E-state index in [1.165, 1.54) is 17.8 Å². The smallest absolute Gasteiger partial charge is 0.223 e. The molecule has 0 aliphatic rings. The number of thioether (sulfide) groups is 1. The SMILES string of the molecule is CCN(CC)CCSC(=O)c1ccccc1O. The van der Waals surface area contributed by atoms with Crippen molar-refractivity contribution in [1.29, 1.82) is 0 Å². The maximum absolute atomic E-state index is 11.8. The number of benzene rings is 1. The molecule has 94 valence electrons. The third-order valence-corrected chi connectivity index (χ3v) is 3.53. The molecule has 0 bridgehead atoms. The zero-order chi connectivity index (χ0) is 12.7. The molecule has 1 aromatic carbocycles. The van der Waals surface area contributed by atoms with Crippen LogP contribution in [0, 0.1) is 0 Å². The molecule has 0 saturated heterocycles. The highest BCUT2D eigenvalue weighted by Crippen LogP contribution is 2.21. The Morgan fingerprint density at radius 3 is 2.53 bits per heavy atom. The minimum atomic E-state index is -0.0599. The molecular weight excluding hydrogens is 234 g/mol. The van der Waals surface area contributed by atoms with Crippen molar-refractivity contribution in [3.8, 4) is 5.75 Å². The van der Waals surface area contributed by atoms with Crippen molar-refractivity contribution in [3.05, 3.63) is 29.8 Å². The summed E-state index contributed by atoms with van der Waals surface area (Å²) in [6, 6.07) is 6.67. The van der Waals surface area contributed by atoms with Gasteiger partial charge in [0.05, 0.1) is 5.56 Å². The van der Waals surface area contributed by atoms with Gasteiger partial charge in [-0.3, -0.25) is 4.79 Å². The number of carbonyl (C=O) groups excluding carboxylic acids is 1. The summed E-state index contributed by atoms with van der Waals surface area (Å²) in [5, 5.41) is 9.48. The Labute approximate surface area is 107 Å². The Hall–Kier alpha value is -1.00. The average Bonchev–Trinajstić information content (AvgIpc) is 2.35. The fourth-order valence-electron chi connectivity index (χ4n) is 1.53. The van der Waals surface area contributed by atoms with Crippen LogP contribution in [0.4, 0.5) is 0 Å². The number of hydrogen-bond acceptors (Lipinski definition) is 4. The number of hydrogen-bond donors (Lipinski definition) is 1. The van der Waals surface area contributed by atoms with Crippen molar-refractivity contribution in [3.63, 3.8) is 0 Å². The molecule has 0 atom stereocenters. The minimum Gasteiger partial charge on any atom is -0.507 e. The van der Waals surface area contributed by atoms with Gasteiger partial charge in [0.1, 0.15) is 5.75 Å². The van der Waals surface area contributed by atoms with E-state index in [0.717, 1.165) is 25.4 Å². The second-order valence-electron chi connectivity index (χ2n) is 3.68. The highest BCUT2D eigenvalue weighted by atomic mass is 32.2. The summed E-state index contributed by atoms with van der Waals surface area (Å²) >= 11 is 1.26. The molecule has 0 aliphatic carbocycles. The van der Waals surface area contributed by atoms with Gasteiger partial charge in [-0.1, -0.05) is 37.7 Å². The predicted molar refractivity (Wildman–Crippen MR) is 72.7 cm³/mol. The van der Waals surface area contributed by atoms with E-state index < -0.39 is 0 Å². The van der Waals surface area contributed by atoms with Crippen molar-refractivity contribution in [2.45, 2.75) is 13.8 Å². The second-order valence-corrected chi connectivity index (χ2v) is 4.75. The fourth-order valence-corrected chi connectivity index (χ4v) is 2.39. The Balaban J connectivity index is 2.43. The van der Waals surface area contributed by atoms with Crippen LogP contribution < -0.4 is 0 Å². The molecule has 0 aliphatic heterocycles.